The van der Waals surface area contributed by atoms with Crippen LogP contribution in [0.1, 0.15) is 27.9 Å². The maximum absolute atomic E-state index is 12.3. The number of hydrogen-bond acceptors (Lipinski definition) is 2. The predicted octanol–water partition coefficient (Wildman–Crippen LogP) is 2.85. The summed E-state index contributed by atoms with van der Waals surface area (Å²) in [5.74, 6) is 0.0540. The molecule has 0 aliphatic heterocycles. The van der Waals surface area contributed by atoms with E-state index in [2.05, 4.69) is 12.1 Å². The molecule has 0 radical (unpaired) electrons. The summed E-state index contributed by atoms with van der Waals surface area (Å²) in [5.41, 5.74) is 8.62. The largest absolute Gasteiger partial charge is 0.342 e. The molecule has 2 aromatic carbocycles. The molecule has 1 amide bonds. The number of nitrogens with two attached hydrogens (primary N) is 1. The van der Waals surface area contributed by atoms with Gasteiger partial charge in [0.2, 0.25) is 0 Å². The summed E-state index contributed by atoms with van der Waals surface area (Å²) in [6.45, 7) is 1.21. The number of aryl methyl sites for hydroxylation is 1. The second kappa shape index (κ2) is 7.60. The van der Waals surface area contributed by atoms with Gasteiger partial charge in [0, 0.05) is 25.7 Å². The van der Waals surface area contributed by atoms with E-state index >= 15 is 0 Å². The lowest BCUT2D eigenvalue weighted by atomic mass is 10.1. The van der Waals surface area contributed by atoms with Gasteiger partial charge in [0.15, 0.2) is 0 Å². The summed E-state index contributed by atoms with van der Waals surface area (Å²) in [6, 6.07) is 17.9. The average Bonchev–Trinajstić information content (AvgIpc) is 2.55. The topological polar surface area (TPSA) is 46.3 Å². The van der Waals surface area contributed by atoms with Gasteiger partial charge in [-0.15, -0.1) is 0 Å². The molecule has 21 heavy (non-hydrogen) atoms. The van der Waals surface area contributed by atoms with E-state index in [1.54, 1.807) is 4.90 Å². The lowest BCUT2D eigenvalue weighted by Gasteiger charge is -2.17. The Bertz CT molecular complexity index is 581. The highest BCUT2D eigenvalue weighted by Gasteiger charge is 2.11. The van der Waals surface area contributed by atoms with E-state index in [0.29, 0.717) is 12.1 Å². The molecule has 110 valence electrons. The van der Waals surface area contributed by atoms with Gasteiger partial charge in [0.25, 0.3) is 5.91 Å². The van der Waals surface area contributed by atoms with E-state index in [4.69, 9.17) is 5.73 Å². The second-order valence-corrected chi connectivity index (χ2v) is 5.22. The van der Waals surface area contributed by atoms with Crippen molar-refractivity contribution >= 4 is 5.91 Å². The van der Waals surface area contributed by atoms with Gasteiger partial charge in [-0.05, 0) is 36.1 Å². The van der Waals surface area contributed by atoms with Crippen LogP contribution in [0.25, 0.3) is 0 Å². The van der Waals surface area contributed by atoms with Crippen molar-refractivity contribution < 1.29 is 4.79 Å². The maximum atomic E-state index is 12.3. The first kappa shape index (κ1) is 15.3. The van der Waals surface area contributed by atoms with Crippen LogP contribution in [0.3, 0.4) is 0 Å². The van der Waals surface area contributed by atoms with Crippen molar-refractivity contribution in [3.8, 4) is 0 Å². The quantitative estimate of drug-likeness (QED) is 0.885. The van der Waals surface area contributed by atoms with E-state index in [-0.39, 0.29) is 5.91 Å². The summed E-state index contributed by atoms with van der Waals surface area (Å²) >= 11 is 0. The van der Waals surface area contributed by atoms with E-state index in [1.807, 2.05) is 49.5 Å². The Hall–Kier alpha value is -2.13. The summed E-state index contributed by atoms with van der Waals surface area (Å²) in [4.78, 5) is 14.1. The average molecular weight is 282 g/mol. The van der Waals surface area contributed by atoms with Crippen molar-refractivity contribution in [3.05, 3.63) is 71.3 Å². The van der Waals surface area contributed by atoms with Crippen molar-refractivity contribution in [2.24, 2.45) is 5.73 Å². The van der Waals surface area contributed by atoms with Gasteiger partial charge in [-0.25, -0.2) is 0 Å². The van der Waals surface area contributed by atoms with Crippen LogP contribution in [0.2, 0.25) is 0 Å². The van der Waals surface area contributed by atoms with E-state index in [1.165, 1.54) is 5.56 Å². The zero-order chi connectivity index (χ0) is 15.1. The van der Waals surface area contributed by atoms with Crippen LogP contribution in [0.15, 0.2) is 54.6 Å². The first-order valence-corrected chi connectivity index (χ1v) is 7.29. The van der Waals surface area contributed by atoms with Crippen LogP contribution >= 0.6 is 0 Å². The molecule has 0 atom stereocenters. The van der Waals surface area contributed by atoms with Crippen molar-refractivity contribution in [2.75, 3.05) is 13.6 Å². The number of benzene rings is 2. The lowest BCUT2D eigenvalue weighted by molar-refractivity contribution is 0.0793. The van der Waals surface area contributed by atoms with Crippen molar-refractivity contribution in [1.82, 2.24) is 4.90 Å². The molecule has 0 aliphatic carbocycles. The molecular formula is C18H22N2O. The van der Waals surface area contributed by atoms with E-state index < -0.39 is 0 Å². The number of nitrogens with zero attached hydrogens (tertiary/aromatic N) is 1. The molecule has 0 saturated heterocycles. The molecule has 2 rings (SSSR count). The van der Waals surface area contributed by atoms with E-state index in [0.717, 1.165) is 24.9 Å². The molecule has 0 heterocycles. The van der Waals surface area contributed by atoms with Crippen LogP contribution in [0.4, 0.5) is 0 Å². The number of amides is 1. The Morgan fingerprint density at radius 1 is 1.05 bits per heavy atom. The van der Waals surface area contributed by atoms with Gasteiger partial charge in [-0.3, -0.25) is 4.79 Å². The summed E-state index contributed by atoms with van der Waals surface area (Å²) in [6.07, 6.45) is 1.95. The molecule has 2 aromatic rings. The monoisotopic (exact) mass is 282 g/mol. The predicted molar refractivity (Wildman–Crippen MR) is 86.1 cm³/mol. The zero-order valence-corrected chi connectivity index (χ0v) is 12.5. The van der Waals surface area contributed by atoms with Crippen molar-refractivity contribution in [3.63, 3.8) is 0 Å². The minimum atomic E-state index is 0.0540. The fraction of sp³-hybridized carbons (Fsp3) is 0.278. The first-order chi connectivity index (χ1) is 10.2. The van der Waals surface area contributed by atoms with E-state index in [9.17, 15) is 4.79 Å². The van der Waals surface area contributed by atoms with Crippen molar-refractivity contribution in [1.29, 1.82) is 0 Å². The Morgan fingerprint density at radius 2 is 1.76 bits per heavy atom. The van der Waals surface area contributed by atoms with Gasteiger partial charge in [-0.2, -0.15) is 0 Å². The fourth-order valence-electron chi connectivity index (χ4n) is 2.32. The highest BCUT2D eigenvalue weighted by molar-refractivity contribution is 5.94. The molecule has 0 unspecified atom stereocenters. The zero-order valence-electron chi connectivity index (χ0n) is 12.5. The number of hydrogen-bond donors (Lipinski definition) is 1. The third-order valence-electron chi connectivity index (χ3n) is 3.56. The molecule has 0 saturated carbocycles. The van der Waals surface area contributed by atoms with Gasteiger partial charge < -0.3 is 10.6 Å². The number of carbonyl (C=O) groups excluding carboxylic acids is 1. The fourth-order valence-corrected chi connectivity index (χ4v) is 2.32. The summed E-state index contributed by atoms with van der Waals surface area (Å²) in [5, 5.41) is 0. The summed E-state index contributed by atoms with van der Waals surface area (Å²) in [7, 11) is 1.85. The minimum Gasteiger partial charge on any atom is -0.342 e. The second-order valence-electron chi connectivity index (χ2n) is 5.22. The molecule has 0 aliphatic rings. The third-order valence-corrected chi connectivity index (χ3v) is 3.56. The van der Waals surface area contributed by atoms with Crippen LogP contribution < -0.4 is 5.73 Å². The Morgan fingerprint density at radius 3 is 2.48 bits per heavy atom. The SMILES string of the molecule is CN(CCCc1ccccc1)C(=O)c1cccc(CN)c1. The summed E-state index contributed by atoms with van der Waals surface area (Å²) < 4.78 is 0. The van der Waals surface area contributed by atoms with Crippen LogP contribution in [-0.4, -0.2) is 24.4 Å². The normalized spacial score (nSPS) is 10.4. The molecule has 3 nitrogen and oxygen atoms in total. The lowest BCUT2D eigenvalue weighted by Crippen LogP contribution is -2.28. The Kier molecular flexibility index (Phi) is 5.52. The minimum absolute atomic E-state index is 0.0540. The Balaban J connectivity index is 1.87. The van der Waals surface area contributed by atoms with Gasteiger partial charge in [-0.1, -0.05) is 42.5 Å². The highest BCUT2D eigenvalue weighted by atomic mass is 16.2. The van der Waals surface area contributed by atoms with Crippen LogP contribution in [0.5, 0.6) is 0 Å². The molecule has 0 spiro atoms. The molecule has 2 N–H and O–H groups in total. The molecule has 0 fully saturated rings. The van der Waals surface area contributed by atoms with Gasteiger partial charge in [0.1, 0.15) is 0 Å². The molecule has 3 heteroatoms. The maximum Gasteiger partial charge on any atom is 0.253 e. The van der Waals surface area contributed by atoms with Gasteiger partial charge in [0.05, 0.1) is 0 Å². The third kappa shape index (κ3) is 4.43. The number of rotatable bonds is 6. The molecule has 0 aromatic heterocycles. The first-order valence-electron chi connectivity index (χ1n) is 7.29. The van der Waals surface area contributed by atoms with Crippen LogP contribution in [0, 0.1) is 0 Å². The van der Waals surface area contributed by atoms with Crippen molar-refractivity contribution in [2.45, 2.75) is 19.4 Å². The standard InChI is InChI=1S/C18H22N2O/c1-20(12-6-10-15-7-3-2-4-8-15)18(21)17-11-5-9-16(13-17)14-19/h2-5,7-9,11,13H,6,10,12,14,19H2,1H3. The molecular weight excluding hydrogens is 260 g/mol. The van der Waals surface area contributed by atoms with Gasteiger partial charge >= 0.3 is 0 Å². The van der Waals surface area contributed by atoms with Crippen LogP contribution in [-0.2, 0) is 13.0 Å². The molecule has 0 bridgehead atoms. The number of carbonyl (C=O) groups is 1. The Labute approximate surface area is 126 Å². The highest BCUT2D eigenvalue weighted by Crippen LogP contribution is 2.09. The smallest absolute Gasteiger partial charge is 0.253 e.